The third kappa shape index (κ3) is 8.05. The predicted molar refractivity (Wildman–Crippen MR) is 101 cm³/mol. The summed E-state index contributed by atoms with van der Waals surface area (Å²) in [5, 5.41) is 13.2. The Morgan fingerprint density at radius 1 is 1.14 bits per heavy atom. The zero-order valence-electron chi connectivity index (χ0n) is 16.9. The molecule has 148 valence electrons. The Hall–Kier alpha value is -1.81. The fourth-order valence-corrected chi connectivity index (χ4v) is 3.47. The van der Waals surface area contributed by atoms with E-state index in [0.717, 1.165) is 38.2 Å². The van der Waals surface area contributed by atoms with Gasteiger partial charge in [-0.1, -0.05) is 18.2 Å². The average molecular weight is 381 g/mol. The number of hydrogen-bond donors (Lipinski definition) is 1. The quantitative estimate of drug-likeness (QED) is 0.479. The van der Waals surface area contributed by atoms with Crippen LogP contribution in [-0.2, 0) is 14.4 Å². The van der Waals surface area contributed by atoms with Gasteiger partial charge in [0.25, 0.3) is 0 Å². The maximum atomic E-state index is 12.1. The molecular formula is C20H28LiN3O4. The first-order valence-corrected chi connectivity index (χ1v) is 9.51. The average Bonchev–Trinajstić information content (AvgIpc) is 2.63. The second-order valence-corrected chi connectivity index (χ2v) is 6.87. The molecule has 2 amide bonds. The Balaban J connectivity index is 0.00000392. The Labute approximate surface area is 178 Å². The molecular weight excluding hydrogens is 353 g/mol. The van der Waals surface area contributed by atoms with Crippen LogP contribution in [0.15, 0.2) is 30.3 Å². The number of benzene rings is 1. The number of carboxylic acid groups (broad SMARTS) is 1. The van der Waals surface area contributed by atoms with E-state index in [0.29, 0.717) is 13.0 Å². The van der Waals surface area contributed by atoms with E-state index in [1.54, 1.807) is 6.92 Å². The van der Waals surface area contributed by atoms with Crippen LogP contribution in [0.1, 0.15) is 39.0 Å². The molecule has 0 radical (unpaired) electrons. The van der Waals surface area contributed by atoms with Crippen molar-refractivity contribution in [2.45, 2.75) is 45.1 Å². The molecule has 0 aromatic heterocycles. The van der Waals surface area contributed by atoms with Gasteiger partial charge in [0.05, 0.1) is 0 Å². The fourth-order valence-electron chi connectivity index (χ4n) is 3.47. The third-order valence-electron chi connectivity index (χ3n) is 4.83. The summed E-state index contributed by atoms with van der Waals surface area (Å²) in [7, 11) is 0. The smallest absolute Gasteiger partial charge is 0.550 e. The van der Waals surface area contributed by atoms with Crippen LogP contribution >= 0.6 is 0 Å². The summed E-state index contributed by atoms with van der Waals surface area (Å²) in [4.78, 5) is 38.3. The van der Waals surface area contributed by atoms with Crippen LogP contribution in [0.4, 0.5) is 5.69 Å². The molecule has 0 atom stereocenters. The fraction of sp³-hybridized carbons (Fsp3) is 0.550. The summed E-state index contributed by atoms with van der Waals surface area (Å²) in [6, 6.07) is 9.94. The van der Waals surface area contributed by atoms with Gasteiger partial charge < -0.3 is 25.0 Å². The maximum absolute atomic E-state index is 12.1. The second-order valence-electron chi connectivity index (χ2n) is 6.87. The van der Waals surface area contributed by atoms with E-state index in [-0.39, 0.29) is 49.6 Å². The van der Waals surface area contributed by atoms with Crippen molar-refractivity contribution in [3.05, 3.63) is 30.3 Å². The number of likely N-dealkylation sites (tertiary alicyclic amines) is 1. The van der Waals surface area contributed by atoms with Gasteiger partial charge in [0.2, 0.25) is 11.8 Å². The van der Waals surface area contributed by atoms with Crippen molar-refractivity contribution in [2.24, 2.45) is 0 Å². The van der Waals surface area contributed by atoms with E-state index in [1.807, 2.05) is 35.2 Å². The van der Waals surface area contributed by atoms with Crippen LogP contribution in [0.3, 0.4) is 0 Å². The topological polar surface area (TPSA) is 92.8 Å². The van der Waals surface area contributed by atoms with Crippen molar-refractivity contribution in [2.75, 3.05) is 31.1 Å². The largest absolute Gasteiger partial charge is 1.00 e. The van der Waals surface area contributed by atoms with Crippen LogP contribution in [0.2, 0.25) is 0 Å². The van der Waals surface area contributed by atoms with E-state index in [9.17, 15) is 19.5 Å². The van der Waals surface area contributed by atoms with Gasteiger partial charge in [-0.2, -0.15) is 0 Å². The molecule has 0 saturated carbocycles. The molecule has 0 unspecified atom stereocenters. The molecule has 1 aliphatic rings. The normalized spacial score (nSPS) is 14.8. The molecule has 1 fully saturated rings. The summed E-state index contributed by atoms with van der Waals surface area (Å²) in [5.74, 6) is -1.19. The van der Waals surface area contributed by atoms with Crippen molar-refractivity contribution < 1.29 is 38.4 Å². The molecule has 1 aliphatic heterocycles. The number of rotatable bonds is 9. The first-order valence-electron chi connectivity index (χ1n) is 9.51. The van der Waals surface area contributed by atoms with Crippen molar-refractivity contribution in [1.82, 2.24) is 10.2 Å². The third-order valence-corrected chi connectivity index (χ3v) is 4.83. The maximum Gasteiger partial charge on any atom is 1.00 e. The molecule has 1 aromatic rings. The molecule has 1 heterocycles. The number of carboxylic acids is 1. The van der Waals surface area contributed by atoms with E-state index in [4.69, 9.17) is 0 Å². The minimum atomic E-state index is -1.12. The van der Waals surface area contributed by atoms with Crippen LogP contribution in [0.5, 0.6) is 0 Å². The van der Waals surface area contributed by atoms with Crippen molar-refractivity contribution in [3.63, 3.8) is 0 Å². The SMILES string of the molecule is CC(=O)N(c1ccccc1)C1CCN(CCNC(=O)CCCC(=O)[O-])CC1.[Li+]. The van der Waals surface area contributed by atoms with Crippen molar-refractivity contribution >= 4 is 23.5 Å². The van der Waals surface area contributed by atoms with Gasteiger partial charge in [-0.05, 0) is 37.8 Å². The number of nitrogens with zero attached hydrogens (tertiary/aromatic N) is 2. The molecule has 8 heteroatoms. The van der Waals surface area contributed by atoms with Crippen molar-refractivity contribution in [3.8, 4) is 0 Å². The van der Waals surface area contributed by atoms with Gasteiger partial charge in [0, 0.05) is 57.2 Å². The Morgan fingerprint density at radius 3 is 2.36 bits per heavy atom. The van der Waals surface area contributed by atoms with Gasteiger partial charge in [0.1, 0.15) is 0 Å². The first kappa shape index (κ1) is 24.2. The molecule has 7 nitrogen and oxygen atoms in total. The number of nitrogens with one attached hydrogen (secondary N) is 1. The summed E-state index contributed by atoms with van der Waals surface area (Å²) >= 11 is 0. The van der Waals surface area contributed by atoms with Crippen LogP contribution < -0.4 is 34.2 Å². The molecule has 0 aliphatic carbocycles. The Bertz CT molecular complexity index is 634. The molecule has 1 aromatic carbocycles. The van der Waals surface area contributed by atoms with E-state index in [2.05, 4.69) is 10.2 Å². The summed E-state index contributed by atoms with van der Waals surface area (Å²) in [5.41, 5.74) is 0.937. The molecule has 0 bridgehead atoms. The number of carbonyl (C=O) groups excluding carboxylic acids is 3. The Morgan fingerprint density at radius 2 is 1.79 bits per heavy atom. The van der Waals surface area contributed by atoms with Crippen LogP contribution in [0, 0.1) is 0 Å². The molecule has 2 rings (SSSR count). The zero-order chi connectivity index (χ0) is 19.6. The standard InChI is InChI=1S/C20H29N3O4.Li/c1-16(24)23(17-6-3-2-4-7-17)18-10-13-22(14-11-18)15-12-21-19(25)8-5-9-20(26)27;/h2-4,6-7,18H,5,8-15H2,1H3,(H,21,25)(H,26,27);/q;+1/p-1. The molecule has 1 saturated heterocycles. The zero-order valence-corrected chi connectivity index (χ0v) is 16.9. The minimum absolute atomic E-state index is 0. The first-order chi connectivity index (χ1) is 13.0. The summed E-state index contributed by atoms with van der Waals surface area (Å²) < 4.78 is 0. The Kier molecular flexibility index (Phi) is 10.9. The predicted octanol–water partition coefficient (Wildman–Crippen LogP) is -2.46. The number of hydrogen-bond acceptors (Lipinski definition) is 5. The van der Waals surface area contributed by atoms with Crippen LogP contribution in [-0.4, -0.2) is 54.9 Å². The van der Waals surface area contributed by atoms with Crippen LogP contribution in [0.25, 0.3) is 0 Å². The van der Waals surface area contributed by atoms with Gasteiger partial charge in [-0.3, -0.25) is 9.59 Å². The summed E-state index contributed by atoms with van der Waals surface area (Å²) in [6.45, 7) is 4.66. The second kappa shape index (κ2) is 12.6. The molecule has 0 spiro atoms. The number of piperidine rings is 1. The molecule has 1 N–H and O–H groups in total. The van der Waals surface area contributed by atoms with E-state index < -0.39 is 5.97 Å². The van der Waals surface area contributed by atoms with Gasteiger partial charge in [0.15, 0.2) is 0 Å². The van der Waals surface area contributed by atoms with Crippen molar-refractivity contribution in [1.29, 1.82) is 0 Å². The number of aliphatic carboxylic acids is 1. The minimum Gasteiger partial charge on any atom is -0.550 e. The monoisotopic (exact) mass is 381 g/mol. The number of anilines is 1. The number of amides is 2. The summed E-state index contributed by atoms with van der Waals surface area (Å²) in [6.07, 6.45) is 2.22. The van der Waals surface area contributed by atoms with E-state index in [1.165, 1.54) is 0 Å². The number of para-hydroxylation sites is 1. The van der Waals surface area contributed by atoms with Gasteiger partial charge >= 0.3 is 18.9 Å². The molecule has 28 heavy (non-hydrogen) atoms. The van der Waals surface area contributed by atoms with Gasteiger partial charge in [-0.25, -0.2) is 0 Å². The number of carbonyl (C=O) groups is 3. The van der Waals surface area contributed by atoms with E-state index >= 15 is 0 Å². The van der Waals surface area contributed by atoms with Gasteiger partial charge in [-0.15, -0.1) is 0 Å².